The molecule has 4 rings (SSSR count). The van der Waals surface area contributed by atoms with E-state index < -0.39 is 28.4 Å². The number of fused-ring (bicyclic) bond motifs is 1. The van der Waals surface area contributed by atoms with Crippen LogP contribution in [0.3, 0.4) is 0 Å². The van der Waals surface area contributed by atoms with Crippen molar-refractivity contribution in [1.82, 2.24) is 4.31 Å². The van der Waals surface area contributed by atoms with Gasteiger partial charge in [0.1, 0.15) is 0 Å². The molecule has 0 N–H and O–H groups in total. The number of benzene rings is 3. The summed E-state index contributed by atoms with van der Waals surface area (Å²) in [7, 11) is -3.82. The summed E-state index contributed by atoms with van der Waals surface area (Å²) in [6.45, 7) is 0.0774. The van der Waals surface area contributed by atoms with E-state index in [1.807, 2.05) is 24.3 Å². The third kappa shape index (κ3) is 5.12. The molecule has 0 atom stereocenters. The van der Waals surface area contributed by atoms with Crippen molar-refractivity contribution in [2.24, 2.45) is 0 Å². The van der Waals surface area contributed by atoms with Crippen LogP contribution in [0, 0.1) is 0 Å². The number of nitrogens with zero attached hydrogens (tertiary/aromatic N) is 1. The average molecular weight is 504 g/mol. The first-order valence-corrected chi connectivity index (χ1v) is 12.3. The fourth-order valence-corrected chi connectivity index (χ4v) is 5.59. The molecule has 1 aliphatic rings. The molecule has 3 aromatic carbocycles. The van der Waals surface area contributed by atoms with E-state index in [1.54, 1.807) is 0 Å². The van der Waals surface area contributed by atoms with E-state index in [2.05, 4.69) is 0 Å². The highest BCUT2D eigenvalue weighted by atomic mass is 35.5. The molecule has 0 radical (unpaired) electrons. The number of ketones is 1. The van der Waals surface area contributed by atoms with E-state index in [1.165, 1.54) is 46.8 Å². The van der Waals surface area contributed by atoms with E-state index in [-0.39, 0.29) is 27.6 Å². The lowest BCUT2D eigenvalue weighted by molar-refractivity contribution is 0.0474. The summed E-state index contributed by atoms with van der Waals surface area (Å²) in [4.78, 5) is 24.8. The summed E-state index contributed by atoms with van der Waals surface area (Å²) in [6.07, 6.45) is 0.618. The van der Waals surface area contributed by atoms with Crippen molar-refractivity contribution in [3.63, 3.8) is 0 Å². The van der Waals surface area contributed by atoms with Crippen LogP contribution in [-0.2, 0) is 27.7 Å². The molecule has 170 valence electrons. The number of carbonyl (C=O) groups excluding carboxylic acids is 2. The van der Waals surface area contributed by atoms with Gasteiger partial charge >= 0.3 is 5.97 Å². The number of carbonyl (C=O) groups is 2. The number of esters is 1. The second-order valence-corrected chi connectivity index (χ2v) is 10.3. The molecule has 0 amide bonds. The number of halogens is 2. The molecule has 0 saturated carbocycles. The van der Waals surface area contributed by atoms with Crippen molar-refractivity contribution in [2.75, 3.05) is 13.2 Å². The van der Waals surface area contributed by atoms with Crippen LogP contribution in [0.4, 0.5) is 0 Å². The number of rotatable bonds is 6. The van der Waals surface area contributed by atoms with Crippen molar-refractivity contribution in [3.8, 4) is 0 Å². The van der Waals surface area contributed by atoms with Crippen LogP contribution in [0.2, 0.25) is 10.0 Å². The number of hydrogen-bond acceptors (Lipinski definition) is 5. The molecular weight excluding hydrogens is 485 g/mol. The Morgan fingerprint density at radius 1 is 0.939 bits per heavy atom. The molecular formula is C24H19Cl2NO5S. The maximum Gasteiger partial charge on any atom is 0.338 e. The minimum absolute atomic E-state index is 0.0107. The third-order valence-electron chi connectivity index (χ3n) is 5.37. The summed E-state index contributed by atoms with van der Waals surface area (Å²) < 4.78 is 32.9. The fourth-order valence-electron chi connectivity index (χ4n) is 3.62. The van der Waals surface area contributed by atoms with Crippen LogP contribution in [0.25, 0.3) is 0 Å². The standard InChI is InChI=1S/C24H19Cl2NO5S/c25-19-8-9-21(22(26)13-19)23(28)15-32-24(29)17-6-3-7-20(12-17)33(30,31)27-11-10-16-4-1-2-5-18(16)14-27/h1-9,12-13H,10-11,14-15H2. The van der Waals surface area contributed by atoms with Crippen molar-refractivity contribution in [3.05, 3.63) is 99.0 Å². The van der Waals surface area contributed by atoms with Gasteiger partial charge in [-0.15, -0.1) is 0 Å². The van der Waals surface area contributed by atoms with Gasteiger partial charge in [0.25, 0.3) is 0 Å². The van der Waals surface area contributed by atoms with Gasteiger partial charge in [0.05, 0.1) is 15.5 Å². The van der Waals surface area contributed by atoms with Gasteiger partial charge in [0, 0.05) is 23.7 Å². The Morgan fingerprint density at radius 2 is 1.70 bits per heavy atom. The first kappa shape index (κ1) is 23.4. The number of ether oxygens (including phenoxy) is 1. The van der Waals surface area contributed by atoms with E-state index >= 15 is 0 Å². The largest absolute Gasteiger partial charge is 0.454 e. The lowest BCUT2D eigenvalue weighted by Gasteiger charge is -2.28. The van der Waals surface area contributed by atoms with Crippen molar-refractivity contribution in [1.29, 1.82) is 0 Å². The number of sulfonamides is 1. The van der Waals surface area contributed by atoms with Crippen molar-refractivity contribution in [2.45, 2.75) is 17.9 Å². The summed E-state index contributed by atoms with van der Waals surface area (Å²) in [5.74, 6) is -1.31. The Kier molecular flexibility index (Phi) is 6.86. The Hall–Kier alpha value is -2.71. The van der Waals surface area contributed by atoms with Gasteiger partial charge in [-0.2, -0.15) is 4.31 Å². The zero-order valence-electron chi connectivity index (χ0n) is 17.3. The van der Waals surface area contributed by atoms with Crippen LogP contribution in [0.1, 0.15) is 31.8 Å². The maximum atomic E-state index is 13.2. The summed E-state index contributed by atoms with van der Waals surface area (Å²) in [6, 6.07) is 17.7. The molecule has 6 nitrogen and oxygen atoms in total. The zero-order chi connectivity index (χ0) is 23.6. The Morgan fingerprint density at radius 3 is 2.45 bits per heavy atom. The van der Waals surface area contributed by atoms with Gasteiger partial charge in [-0.1, -0.05) is 53.5 Å². The fraction of sp³-hybridized carbons (Fsp3) is 0.167. The van der Waals surface area contributed by atoms with Gasteiger partial charge in [-0.25, -0.2) is 13.2 Å². The highest BCUT2D eigenvalue weighted by molar-refractivity contribution is 7.89. The minimum Gasteiger partial charge on any atom is -0.454 e. The highest BCUT2D eigenvalue weighted by Crippen LogP contribution is 2.26. The van der Waals surface area contributed by atoms with E-state index in [4.69, 9.17) is 27.9 Å². The summed E-state index contributed by atoms with van der Waals surface area (Å²) in [5, 5.41) is 0.531. The predicted molar refractivity (Wildman–Crippen MR) is 125 cm³/mol. The molecule has 0 spiro atoms. The predicted octanol–water partition coefficient (Wildman–Crippen LogP) is 4.78. The van der Waals surface area contributed by atoms with Crippen molar-refractivity contribution < 1.29 is 22.7 Å². The Balaban J connectivity index is 1.47. The third-order valence-corrected chi connectivity index (χ3v) is 7.76. The lowest BCUT2D eigenvalue weighted by Crippen LogP contribution is -2.36. The molecule has 0 saturated heterocycles. The summed E-state index contributed by atoms with van der Waals surface area (Å²) in [5.41, 5.74) is 2.30. The normalized spacial score (nSPS) is 13.9. The van der Waals surface area contributed by atoms with E-state index in [0.29, 0.717) is 18.0 Å². The van der Waals surface area contributed by atoms with Gasteiger partial charge in [-0.3, -0.25) is 4.79 Å². The van der Waals surface area contributed by atoms with E-state index in [0.717, 1.165) is 11.1 Å². The Labute approximate surface area is 201 Å². The van der Waals surface area contributed by atoms with Gasteiger partial charge < -0.3 is 4.74 Å². The maximum absolute atomic E-state index is 13.2. The number of Topliss-reactive ketones (excluding diaryl/α,β-unsaturated/α-hetero) is 1. The topological polar surface area (TPSA) is 80.8 Å². The summed E-state index contributed by atoms with van der Waals surface area (Å²) >= 11 is 11.8. The van der Waals surface area contributed by atoms with Gasteiger partial charge in [-0.05, 0) is 53.9 Å². The van der Waals surface area contributed by atoms with Crippen LogP contribution >= 0.6 is 23.2 Å². The molecule has 0 bridgehead atoms. The molecule has 0 aromatic heterocycles. The molecule has 33 heavy (non-hydrogen) atoms. The molecule has 0 unspecified atom stereocenters. The highest BCUT2D eigenvalue weighted by Gasteiger charge is 2.29. The first-order chi connectivity index (χ1) is 15.8. The Bertz CT molecular complexity index is 1340. The molecule has 3 aromatic rings. The second-order valence-electron chi connectivity index (χ2n) is 7.51. The molecule has 9 heteroatoms. The van der Waals surface area contributed by atoms with Crippen LogP contribution in [-0.4, -0.2) is 37.6 Å². The van der Waals surface area contributed by atoms with Gasteiger partial charge in [0.2, 0.25) is 15.8 Å². The number of hydrogen-bond donors (Lipinski definition) is 0. The van der Waals surface area contributed by atoms with Crippen molar-refractivity contribution >= 4 is 45.0 Å². The quantitative estimate of drug-likeness (QED) is 0.357. The molecule has 1 aliphatic heterocycles. The molecule has 0 aliphatic carbocycles. The minimum atomic E-state index is -3.82. The van der Waals surface area contributed by atoms with Crippen LogP contribution in [0.15, 0.2) is 71.6 Å². The lowest BCUT2D eigenvalue weighted by atomic mass is 10.0. The zero-order valence-corrected chi connectivity index (χ0v) is 19.7. The first-order valence-electron chi connectivity index (χ1n) is 10.1. The SMILES string of the molecule is O=C(OCC(=O)c1ccc(Cl)cc1Cl)c1cccc(S(=O)(=O)N2CCc3ccccc3C2)c1. The van der Waals surface area contributed by atoms with Crippen LogP contribution < -0.4 is 0 Å². The monoisotopic (exact) mass is 503 g/mol. The van der Waals surface area contributed by atoms with Gasteiger partial charge in [0.15, 0.2) is 6.61 Å². The second kappa shape index (κ2) is 9.65. The smallest absolute Gasteiger partial charge is 0.338 e. The van der Waals surface area contributed by atoms with E-state index in [9.17, 15) is 18.0 Å². The molecule has 0 fully saturated rings. The average Bonchev–Trinajstić information content (AvgIpc) is 2.82. The molecule has 1 heterocycles. The van der Waals surface area contributed by atoms with Crippen LogP contribution in [0.5, 0.6) is 0 Å².